The third-order valence-corrected chi connectivity index (χ3v) is 7.30. The number of imidazole rings is 1. The first-order chi connectivity index (χ1) is 17.3. The summed E-state index contributed by atoms with van der Waals surface area (Å²) in [5.74, 6) is 0. The van der Waals surface area contributed by atoms with Gasteiger partial charge in [0.25, 0.3) is 5.56 Å². The van der Waals surface area contributed by atoms with Gasteiger partial charge in [-0.3, -0.25) is 4.79 Å². The molecule has 2 aromatic heterocycles. The summed E-state index contributed by atoms with van der Waals surface area (Å²) in [5.41, 5.74) is 4.18. The molecule has 0 saturated heterocycles. The van der Waals surface area contributed by atoms with Gasteiger partial charge in [0.1, 0.15) is 0 Å². The van der Waals surface area contributed by atoms with Gasteiger partial charge in [-0.2, -0.15) is 5.26 Å². The van der Waals surface area contributed by atoms with Gasteiger partial charge in [-0.05, 0) is 58.7 Å². The fourth-order valence-electron chi connectivity index (χ4n) is 5.00. The van der Waals surface area contributed by atoms with Gasteiger partial charge in [-0.25, -0.2) is 4.98 Å². The van der Waals surface area contributed by atoms with Crippen molar-refractivity contribution >= 4 is 34.1 Å². The molecule has 36 heavy (non-hydrogen) atoms. The molecule has 0 aliphatic heterocycles. The molecule has 0 N–H and O–H groups in total. The van der Waals surface area contributed by atoms with Gasteiger partial charge in [-0.15, -0.1) is 0 Å². The number of aromatic nitrogens is 3. The van der Waals surface area contributed by atoms with Gasteiger partial charge >= 0.3 is 0 Å². The number of rotatable bonds is 5. The number of nitriles is 1. The monoisotopic (exact) mass is 512 g/mol. The lowest BCUT2D eigenvalue weighted by molar-refractivity contribution is 0.583. The highest BCUT2D eigenvalue weighted by Gasteiger charge is 2.39. The van der Waals surface area contributed by atoms with Crippen molar-refractivity contribution in [2.45, 2.75) is 11.8 Å². The van der Waals surface area contributed by atoms with Crippen LogP contribution >= 0.6 is 23.2 Å². The van der Waals surface area contributed by atoms with Crippen LogP contribution in [-0.4, -0.2) is 14.1 Å². The molecule has 5 nitrogen and oxygen atoms in total. The van der Waals surface area contributed by atoms with Gasteiger partial charge in [0.15, 0.2) is 0 Å². The molecule has 5 rings (SSSR count). The molecule has 0 radical (unpaired) electrons. The zero-order valence-electron chi connectivity index (χ0n) is 19.7. The minimum atomic E-state index is -0.820. The van der Waals surface area contributed by atoms with E-state index in [0.29, 0.717) is 10.0 Å². The Balaban J connectivity index is 1.89. The summed E-state index contributed by atoms with van der Waals surface area (Å²) in [6, 6.07) is 25.1. The summed E-state index contributed by atoms with van der Waals surface area (Å²) < 4.78 is 3.57. The Morgan fingerprint density at radius 3 is 2.36 bits per heavy atom. The first-order valence-electron chi connectivity index (χ1n) is 11.3. The lowest BCUT2D eigenvalue weighted by Gasteiger charge is -2.34. The highest BCUT2D eigenvalue weighted by molar-refractivity contribution is 6.31. The second-order valence-electron chi connectivity index (χ2n) is 8.83. The number of halogens is 2. The van der Waals surface area contributed by atoms with Gasteiger partial charge in [0, 0.05) is 41.8 Å². The number of pyridine rings is 1. The molecule has 7 heteroatoms. The molecule has 0 aliphatic carbocycles. The number of fused-ring (bicyclic) bond motifs is 1. The first-order valence-corrected chi connectivity index (χ1v) is 12.1. The Bertz CT molecular complexity index is 1700. The van der Waals surface area contributed by atoms with E-state index < -0.39 is 5.41 Å². The van der Waals surface area contributed by atoms with E-state index in [1.807, 2.05) is 66.2 Å². The minimum absolute atomic E-state index is 0.113. The maximum Gasteiger partial charge on any atom is 0.251 e. The van der Waals surface area contributed by atoms with Crippen LogP contribution in [0.2, 0.25) is 10.0 Å². The normalized spacial score (nSPS) is 12.9. The Labute approximate surface area is 218 Å². The molecular formula is C29H22Cl2N4O. The van der Waals surface area contributed by atoms with E-state index in [1.54, 1.807) is 36.3 Å². The number of nitrogens with zero attached hydrogens (tertiary/aromatic N) is 4. The second kappa shape index (κ2) is 9.31. The Hall–Kier alpha value is -3.85. The molecular weight excluding hydrogens is 491 g/mol. The predicted molar refractivity (Wildman–Crippen MR) is 144 cm³/mol. The fraction of sp³-hybridized carbons (Fsp3) is 0.138. The van der Waals surface area contributed by atoms with Crippen molar-refractivity contribution in [1.82, 2.24) is 14.1 Å². The van der Waals surface area contributed by atoms with E-state index in [2.05, 4.69) is 17.1 Å². The van der Waals surface area contributed by atoms with Gasteiger partial charge in [0.2, 0.25) is 0 Å². The van der Waals surface area contributed by atoms with Crippen LogP contribution in [0, 0.1) is 11.3 Å². The van der Waals surface area contributed by atoms with E-state index in [-0.39, 0.29) is 12.0 Å². The van der Waals surface area contributed by atoms with Crippen molar-refractivity contribution in [3.63, 3.8) is 0 Å². The van der Waals surface area contributed by atoms with Gasteiger partial charge < -0.3 is 9.13 Å². The molecule has 0 fully saturated rings. The Morgan fingerprint density at radius 2 is 1.69 bits per heavy atom. The van der Waals surface area contributed by atoms with Crippen molar-refractivity contribution in [2.24, 2.45) is 14.1 Å². The second-order valence-corrected chi connectivity index (χ2v) is 9.71. The average Bonchev–Trinajstić information content (AvgIpc) is 3.31. The van der Waals surface area contributed by atoms with E-state index >= 15 is 0 Å². The Morgan fingerprint density at radius 1 is 0.944 bits per heavy atom. The van der Waals surface area contributed by atoms with Crippen molar-refractivity contribution in [3.8, 4) is 17.2 Å². The summed E-state index contributed by atoms with van der Waals surface area (Å²) in [6.07, 6.45) is 3.71. The van der Waals surface area contributed by atoms with Gasteiger partial charge in [0.05, 0.1) is 35.4 Å². The molecule has 1 unspecified atom stereocenters. The van der Waals surface area contributed by atoms with Crippen molar-refractivity contribution in [3.05, 3.63) is 123 Å². The highest BCUT2D eigenvalue weighted by Crippen LogP contribution is 2.43. The van der Waals surface area contributed by atoms with E-state index in [0.717, 1.165) is 38.9 Å². The molecule has 5 aromatic rings. The number of benzene rings is 3. The Kier molecular flexibility index (Phi) is 6.17. The summed E-state index contributed by atoms with van der Waals surface area (Å²) in [5, 5.41) is 12.2. The maximum atomic E-state index is 12.8. The predicted octanol–water partition coefficient (Wildman–Crippen LogP) is 6.49. The zero-order chi connectivity index (χ0) is 25.4. The minimum Gasteiger partial charge on any atom is -0.337 e. The molecule has 0 spiro atoms. The molecule has 3 aromatic carbocycles. The highest BCUT2D eigenvalue weighted by atomic mass is 35.5. The molecule has 0 aliphatic rings. The van der Waals surface area contributed by atoms with Crippen LogP contribution in [-0.2, 0) is 19.5 Å². The van der Waals surface area contributed by atoms with Crippen LogP contribution in [0.5, 0.6) is 0 Å². The lowest BCUT2D eigenvalue weighted by Crippen LogP contribution is -2.31. The number of hydrogen-bond donors (Lipinski definition) is 0. The van der Waals surface area contributed by atoms with Crippen LogP contribution < -0.4 is 5.56 Å². The maximum absolute atomic E-state index is 12.8. The number of hydrogen-bond acceptors (Lipinski definition) is 3. The molecule has 178 valence electrons. The molecule has 0 saturated carbocycles. The molecule has 0 amide bonds. The summed E-state index contributed by atoms with van der Waals surface area (Å²) in [6.45, 7) is 0. The summed E-state index contributed by atoms with van der Waals surface area (Å²) in [7, 11) is 3.68. The fourth-order valence-corrected chi connectivity index (χ4v) is 5.32. The average molecular weight is 513 g/mol. The van der Waals surface area contributed by atoms with E-state index in [9.17, 15) is 10.1 Å². The van der Waals surface area contributed by atoms with Crippen molar-refractivity contribution < 1.29 is 0 Å². The third-order valence-electron chi connectivity index (χ3n) is 6.81. The quantitative estimate of drug-likeness (QED) is 0.270. The standard InChI is InChI=1S/C29H22Cl2N4O/c1-34-18-33-17-27(34)29(12-13-32,20-6-9-22(30)10-7-20)21-8-11-26-25(15-21)24(16-28(36)35(26)2)19-4-3-5-23(31)14-19/h3-11,14-18H,12H2,1-2H3. The van der Waals surface area contributed by atoms with Crippen molar-refractivity contribution in [1.29, 1.82) is 5.26 Å². The SMILES string of the molecule is Cn1cncc1C(CC#N)(c1ccc(Cl)cc1)c1ccc2c(c1)c(-c1cccc(Cl)c1)cc(=O)n2C. The molecule has 1 atom stereocenters. The van der Waals surface area contributed by atoms with Crippen LogP contribution in [0.25, 0.3) is 22.0 Å². The lowest BCUT2D eigenvalue weighted by atomic mass is 9.69. The van der Waals surface area contributed by atoms with Gasteiger partial charge in [-0.1, -0.05) is 53.5 Å². The van der Waals surface area contributed by atoms with E-state index in [4.69, 9.17) is 23.2 Å². The third kappa shape index (κ3) is 3.89. The zero-order valence-corrected chi connectivity index (χ0v) is 21.3. The summed E-state index contributed by atoms with van der Waals surface area (Å²) in [4.78, 5) is 17.2. The van der Waals surface area contributed by atoms with E-state index in [1.165, 1.54) is 0 Å². The molecule has 2 heterocycles. The first kappa shape index (κ1) is 23.9. The van der Waals surface area contributed by atoms with Crippen LogP contribution in [0.4, 0.5) is 0 Å². The topological polar surface area (TPSA) is 63.6 Å². The van der Waals surface area contributed by atoms with Crippen LogP contribution in [0.15, 0.2) is 90.1 Å². The smallest absolute Gasteiger partial charge is 0.251 e. The van der Waals surface area contributed by atoms with Crippen LogP contribution in [0.3, 0.4) is 0 Å². The summed E-state index contributed by atoms with van der Waals surface area (Å²) >= 11 is 12.5. The van der Waals surface area contributed by atoms with Crippen molar-refractivity contribution in [2.75, 3.05) is 0 Å². The molecule has 0 bridgehead atoms. The number of aryl methyl sites for hydroxylation is 2. The van der Waals surface area contributed by atoms with Crippen LogP contribution in [0.1, 0.15) is 23.2 Å². The largest absolute Gasteiger partial charge is 0.337 e.